The minimum Gasteiger partial charge on any atom is -0.475 e. The van der Waals surface area contributed by atoms with Crippen molar-refractivity contribution in [3.63, 3.8) is 0 Å². The second-order valence-corrected chi connectivity index (χ2v) is 4.37. The van der Waals surface area contributed by atoms with Gasteiger partial charge in [0, 0.05) is 5.69 Å². The van der Waals surface area contributed by atoms with Gasteiger partial charge in [-0.2, -0.15) is 0 Å². The van der Waals surface area contributed by atoms with Crippen molar-refractivity contribution in [2.24, 2.45) is 0 Å². The summed E-state index contributed by atoms with van der Waals surface area (Å²) in [7, 11) is 0. The second-order valence-electron chi connectivity index (χ2n) is 4.37. The van der Waals surface area contributed by atoms with Gasteiger partial charge in [0.1, 0.15) is 6.61 Å². The Kier molecular flexibility index (Phi) is 4.62. The van der Waals surface area contributed by atoms with Crippen LogP contribution in [-0.2, 0) is 17.8 Å². The maximum absolute atomic E-state index is 5.58. The number of rotatable bonds is 6. The molecule has 2 rings (SSSR count). The third-order valence-corrected chi connectivity index (χ3v) is 2.90. The highest BCUT2D eigenvalue weighted by molar-refractivity contribution is 5.47. The summed E-state index contributed by atoms with van der Waals surface area (Å²) in [5.41, 5.74) is 3.45. The van der Waals surface area contributed by atoms with Crippen molar-refractivity contribution < 1.29 is 4.74 Å². The molecule has 0 saturated carbocycles. The molecule has 0 aromatic heterocycles. The van der Waals surface area contributed by atoms with Gasteiger partial charge in [0.05, 0.1) is 0 Å². The summed E-state index contributed by atoms with van der Waals surface area (Å²) in [4.78, 5) is 0. The highest BCUT2D eigenvalue weighted by Crippen LogP contribution is 2.13. The maximum Gasteiger partial charge on any atom is 0.184 e. The lowest BCUT2D eigenvalue weighted by molar-refractivity contribution is 0.205. The largest absolute Gasteiger partial charge is 0.475 e. The molecule has 2 aromatic carbocycles. The molecule has 0 bridgehead atoms. The van der Waals surface area contributed by atoms with Gasteiger partial charge in [-0.25, -0.2) is 0 Å². The molecular weight excluding hydrogens is 234 g/mol. The van der Waals surface area contributed by atoms with E-state index in [9.17, 15) is 0 Å². The number of anilines is 1. The molecule has 0 atom stereocenters. The maximum atomic E-state index is 5.58. The summed E-state index contributed by atoms with van der Waals surface area (Å²) in [6.07, 6.45) is 1.05. The molecule has 0 saturated heterocycles. The van der Waals surface area contributed by atoms with Gasteiger partial charge in [-0.15, -0.1) is 0 Å². The molecular formula is C17H19NO. The topological polar surface area (TPSA) is 21.3 Å². The van der Waals surface area contributed by atoms with Gasteiger partial charge >= 0.3 is 0 Å². The molecule has 0 heterocycles. The van der Waals surface area contributed by atoms with Gasteiger partial charge in [0.25, 0.3) is 0 Å². The average Bonchev–Trinajstić information content (AvgIpc) is 2.47. The fourth-order valence-corrected chi connectivity index (χ4v) is 1.77. The highest BCUT2D eigenvalue weighted by atomic mass is 16.5. The molecule has 2 heteroatoms. The molecule has 0 spiro atoms. The summed E-state index contributed by atoms with van der Waals surface area (Å²) in [6, 6.07) is 18.3. The second kappa shape index (κ2) is 6.64. The molecule has 0 radical (unpaired) electrons. The Morgan fingerprint density at radius 1 is 1.00 bits per heavy atom. The molecule has 19 heavy (non-hydrogen) atoms. The number of nitrogens with one attached hydrogen (secondary N) is 1. The third kappa shape index (κ3) is 4.18. The minimum absolute atomic E-state index is 0.527. The van der Waals surface area contributed by atoms with Crippen molar-refractivity contribution in [1.29, 1.82) is 0 Å². The first kappa shape index (κ1) is 13.2. The lowest BCUT2D eigenvalue weighted by Crippen LogP contribution is -2.02. The molecule has 2 aromatic rings. The fourth-order valence-electron chi connectivity index (χ4n) is 1.77. The van der Waals surface area contributed by atoms with Gasteiger partial charge in [0.2, 0.25) is 0 Å². The Morgan fingerprint density at radius 2 is 1.68 bits per heavy atom. The van der Waals surface area contributed by atoms with E-state index in [-0.39, 0.29) is 0 Å². The van der Waals surface area contributed by atoms with Crippen molar-refractivity contribution in [2.45, 2.75) is 20.0 Å². The summed E-state index contributed by atoms with van der Waals surface area (Å²) < 4.78 is 5.58. The van der Waals surface area contributed by atoms with Gasteiger partial charge in [-0.05, 0) is 36.3 Å². The summed E-state index contributed by atoms with van der Waals surface area (Å²) in [6.45, 7) is 6.54. The van der Waals surface area contributed by atoms with E-state index in [0.717, 1.165) is 17.7 Å². The summed E-state index contributed by atoms with van der Waals surface area (Å²) in [5.74, 6) is 0.563. The van der Waals surface area contributed by atoms with Crippen LogP contribution in [0, 0.1) is 0 Å². The molecule has 0 aliphatic rings. The van der Waals surface area contributed by atoms with E-state index >= 15 is 0 Å². The zero-order valence-corrected chi connectivity index (χ0v) is 11.2. The molecule has 0 amide bonds. The van der Waals surface area contributed by atoms with E-state index in [1.807, 2.05) is 42.5 Å². The summed E-state index contributed by atoms with van der Waals surface area (Å²) in [5, 5.41) is 3.15. The number of ether oxygens (including phenoxy) is 1. The van der Waals surface area contributed by atoms with Crippen molar-refractivity contribution >= 4 is 5.69 Å². The zero-order valence-electron chi connectivity index (χ0n) is 11.2. The number of benzene rings is 2. The Morgan fingerprint density at radius 3 is 2.32 bits per heavy atom. The van der Waals surface area contributed by atoms with Crippen LogP contribution in [0.2, 0.25) is 0 Å². The van der Waals surface area contributed by atoms with Crippen LogP contribution in [0.4, 0.5) is 5.69 Å². The van der Waals surface area contributed by atoms with E-state index < -0.39 is 0 Å². The molecule has 0 unspecified atom stereocenters. The first-order valence-corrected chi connectivity index (χ1v) is 6.49. The van der Waals surface area contributed by atoms with Crippen LogP contribution in [-0.4, -0.2) is 0 Å². The Balaban J connectivity index is 1.83. The molecule has 0 aliphatic heterocycles. The molecule has 98 valence electrons. The van der Waals surface area contributed by atoms with Crippen LogP contribution in [0.1, 0.15) is 18.1 Å². The van der Waals surface area contributed by atoms with Crippen LogP contribution < -0.4 is 5.32 Å². The first-order chi connectivity index (χ1) is 9.28. The normalized spacial score (nSPS) is 9.95. The van der Waals surface area contributed by atoms with Gasteiger partial charge < -0.3 is 10.1 Å². The lowest BCUT2D eigenvalue weighted by Gasteiger charge is -2.11. The minimum atomic E-state index is 0.527. The number of hydrogen-bond acceptors (Lipinski definition) is 2. The van der Waals surface area contributed by atoms with Crippen molar-refractivity contribution in [3.8, 4) is 0 Å². The Bertz CT molecular complexity index is 517. The van der Waals surface area contributed by atoms with Crippen LogP contribution in [0.5, 0.6) is 0 Å². The van der Waals surface area contributed by atoms with E-state index in [0.29, 0.717) is 12.5 Å². The van der Waals surface area contributed by atoms with Crippen molar-refractivity contribution in [1.82, 2.24) is 0 Å². The average molecular weight is 253 g/mol. The molecule has 0 fully saturated rings. The predicted octanol–water partition coefficient (Wildman–Crippen LogP) is 4.35. The van der Waals surface area contributed by atoms with Crippen molar-refractivity contribution in [3.05, 3.63) is 78.2 Å². The highest BCUT2D eigenvalue weighted by Gasteiger charge is 1.98. The molecule has 0 aliphatic carbocycles. The van der Waals surface area contributed by atoms with Crippen molar-refractivity contribution in [2.75, 3.05) is 5.32 Å². The predicted molar refractivity (Wildman–Crippen MR) is 79.8 cm³/mol. The summed E-state index contributed by atoms with van der Waals surface area (Å²) >= 11 is 0. The first-order valence-electron chi connectivity index (χ1n) is 6.49. The Labute approximate surface area is 114 Å². The SMILES string of the molecule is C=C(Nc1ccc(CC)cc1)OCc1ccccc1. The number of aryl methyl sites for hydroxylation is 1. The van der Waals surface area contributed by atoms with Crippen LogP contribution in [0.3, 0.4) is 0 Å². The monoisotopic (exact) mass is 253 g/mol. The van der Waals surface area contributed by atoms with Crippen LogP contribution in [0.25, 0.3) is 0 Å². The molecule has 2 nitrogen and oxygen atoms in total. The van der Waals surface area contributed by atoms with Gasteiger partial charge in [0.15, 0.2) is 5.88 Å². The Hall–Kier alpha value is -2.22. The van der Waals surface area contributed by atoms with E-state index in [2.05, 4.69) is 31.0 Å². The third-order valence-electron chi connectivity index (χ3n) is 2.90. The zero-order chi connectivity index (χ0) is 13.5. The van der Waals surface area contributed by atoms with E-state index in [1.54, 1.807) is 0 Å². The lowest BCUT2D eigenvalue weighted by atomic mass is 10.1. The van der Waals surface area contributed by atoms with Crippen LogP contribution in [0.15, 0.2) is 67.1 Å². The van der Waals surface area contributed by atoms with Gasteiger partial charge in [-0.3, -0.25) is 0 Å². The quantitative estimate of drug-likeness (QED) is 0.773. The van der Waals surface area contributed by atoms with E-state index in [1.165, 1.54) is 5.56 Å². The van der Waals surface area contributed by atoms with E-state index in [4.69, 9.17) is 4.74 Å². The standard InChI is InChI=1S/C17H19NO/c1-3-15-9-11-17(12-10-15)18-14(2)19-13-16-7-5-4-6-8-16/h4-12,18H,2-3,13H2,1H3. The van der Waals surface area contributed by atoms with Crippen LogP contribution >= 0.6 is 0 Å². The smallest absolute Gasteiger partial charge is 0.184 e. The fraction of sp³-hybridized carbons (Fsp3) is 0.176. The van der Waals surface area contributed by atoms with Gasteiger partial charge in [-0.1, -0.05) is 49.4 Å². The molecule has 1 N–H and O–H groups in total. The number of hydrogen-bond donors (Lipinski definition) is 1.